The summed E-state index contributed by atoms with van der Waals surface area (Å²) in [6, 6.07) is 0. The van der Waals surface area contributed by atoms with Gasteiger partial charge < -0.3 is 10.3 Å². The molecule has 0 aromatic carbocycles. The SMILES string of the molecule is CC(C)c1c(C2C3C4CCC(C4)C23)noc1N. The average Bonchev–Trinajstić information content (AvgIpc) is 2.67. The second-order valence-corrected chi connectivity index (χ2v) is 6.51. The Bertz CT molecular complexity index is 449. The predicted octanol–water partition coefficient (Wildman–Crippen LogP) is 3.14. The highest BCUT2D eigenvalue weighted by molar-refractivity contribution is 5.46. The summed E-state index contributed by atoms with van der Waals surface area (Å²) >= 11 is 0. The molecule has 3 aliphatic carbocycles. The minimum atomic E-state index is 0.426. The van der Waals surface area contributed by atoms with Gasteiger partial charge in [-0.1, -0.05) is 19.0 Å². The number of hydrogen-bond acceptors (Lipinski definition) is 3. The van der Waals surface area contributed by atoms with Gasteiger partial charge in [0.2, 0.25) is 5.88 Å². The molecule has 3 saturated carbocycles. The van der Waals surface area contributed by atoms with E-state index in [1.54, 1.807) is 0 Å². The Morgan fingerprint density at radius 2 is 1.88 bits per heavy atom. The van der Waals surface area contributed by atoms with E-state index < -0.39 is 0 Å². The molecule has 2 bridgehead atoms. The fourth-order valence-corrected chi connectivity index (χ4v) is 4.83. The molecule has 0 amide bonds. The molecule has 2 N–H and O–H groups in total. The zero-order chi connectivity index (χ0) is 11.7. The Morgan fingerprint density at radius 1 is 1.24 bits per heavy atom. The highest BCUT2D eigenvalue weighted by Gasteiger charge is 2.66. The molecule has 4 atom stereocenters. The van der Waals surface area contributed by atoms with E-state index in [1.165, 1.54) is 30.5 Å². The van der Waals surface area contributed by atoms with Crippen LogP contribution in [0.2, 0.25) is 0 Å². The fourth-order valence-electron chi connectivity index (χ4n) is 4.83. The summed E-state index contributed by atoms with van der Waals surface area (Å²) in [4.78, 5) is 0. The van der Waals surface area contributed by atoms with Gasteiger partial charge in [-0.05, 0) is 48.9 Å². The zero-order valence-electron chi connectivity index (χ0n) is 10.5. The summed E-state index contributed by atoms with van der Waals surface area (Å²) in [5.74, 6) is 5.44. The molecule has 0 saturated heterocycles. The maximum Gasteiger partial charge on any atom is 0.225 e. The van der Waals surface area contributed by atoms with Gasteiger partial charge in [-0.2, -0.15) is 0 Å². The van der Waals surface area contributed by atoms with E-state index in [-0.39, 0.29) is 0 Å². The van der Waals surface area contributed by atoms with Crippen molar-refractivity contribution in [3.05, 3.63) is 11.3 Å². The molecule has 1 aromatic heterocycles. The lowest BCUT2D eigenvalue weighted by Crippen LogP contribution is -2.02. The molecule has 1 heterocycles. The van der Waals surface area contributed by atoms with Crippen LogP contribution in [0.5, 0.6) is 0 Å². The van der Waals surface area contributed by atoms with Crippen LogP contribution in [0.25, 0.3) is 0 Å². The van der Waals surface area contributed by atoms with Crippen molar-refractivity contribution >= 4 is 5.88 Å². The third kappa shape index (κ3) is 1.15. The molecule has 0 radical (unpaired) electrons. The van der Waals surface area contributed by atoms with Crippen molar-refractivity contribution in [2.45, 2.75) is 44.9 Å². The summed E-state index contributed by atoms with van der Waals surface area (Å²) in [5.41, 5.74) is 8.30. The van der Waals surface area contributed by atoms with Crippen LogP contribution in [-0.2, 0) is 0 Å². The van der Waals surface area contributed by atoms with Gasteiger partial charge in [0.05, 0.1) is 5.69 Å². The zero-order valence-corrected chi connectivity index (χ0v) is 10.5. The summed E-state index contributed by atoms with van der Waals surface area (Å²) < 4.78 is 5.24. The molecular formula is C14H20N2O. The summed E-state index contributed by atoms with van der Waals surface area (Å²) in [6.07, 6.45) is 4.38. The first-order valence-corrected chi connectivity index (χ1v) is 6.93. The average molecular weight is 232 g/mol. The highest BCUT2D eigenvalue weighted by atomic mass is 16.5. The molecule has 3 nitrogen and oxygen atoms in total. The second-order valence-electron chi connectivity index (χ2n) is 6.51. The molecule has 3 heteroatoms. The molecule has 4 rings (SSSR count). The maximum atomic E-state index is 5.91. The topological polar surface area (TPSA) is 52.0 Å². The molecule has 4 unspecified atom stereocenters. The van der Waals surface area contributed by atoms with Crippen molar-refractivity contribution in [1.29, 1.82) is 0 Å². The Labute approximate surface area is 102 Å². The molecule has 0 spiro atoms. The summed E-state index contributed by atoms with van der Waals surface area (Å²) in [6.45, 7) is 4.36. The van der Waals surface area contributed by atoms with Crippen molar-refractivity contribution in [3.63, 3.8) is 0 Å². The quantitative estimate of drug-likeness (QED) is 0.852. The number of anilines is 1. The van der Waals surface area contributed by atoms with Gasteiger partial charge in [0.1, 0.15) is 0 Å². The fraction of sp³-hybridized carbons (Fsp3) is 0.786. The van der Waals surface area contributed by atoms with Crippen LogP contribution < -0.4 is 5.73 Å². The standard InChI is InChI=1S/C14H20N2O/c1-6(2)9-13(16-17-14(9)15)12-10-7-3-4-8(5-7)11(10)12/h6-8,10-12H,3-5,15H2,1-2H3. The highest BCUT2D eigenvalue weighted by Crippen LogP contribution is 2.73. The smallest absolute Gasteiger partial charge is 0.225 e. The molecule has 3 aliphatic rings. The van der Waals surface area contributed by atoms with Gasteiger partial charge in [0.25, 0.3) is 0 Å². The minimum absolute atomic E-state index is 0.426. The van der Waals surface area contributed by atoms with Crippen LogP contribution in [0, 0.1) is 23.7 Å². The number of hydrogen-bond donors (Lipinski definition) is 1. The Kier molecular flexibility index (Phi) is 1.80. The van der Waals surface area contributed by atoms with Crippen LogP contribution in [-0.4, -0.2) is 5.16 Å². The van der Waals surface area contributed by atoms with Crippen molar-refractivity contribution in [2.24, 2.45) is 23.7 Å². The van der Waals surface area contributed by atoms with Crippen molar-refractivity contribution in [2.75, 3.05) is 5.73 Å². The van der Waals surface area contributed by atoms with Gasteiger partial charge in [0, 0.05) is 11.5 Å². The van der Waals surface area contributed by atoms with Crippen LogP contribution in [0.1, 0.15) is 56.2 Å². The van der Waals surface area contributed by atoms with Gasteiger partial charge in [-0.15, -0.1) is 0 Å². The normalized spacial score (nSPS) is 42.2. The number of aromatic nitrogens is 1. The van der Waals surface area contributed by atoms with Crippen LogP contribution in [0.4, 0.5) is 5.88 Å². The first kappa shape index (κ1) is 9.98. The number of rotatable bonds is 2. The van der Waals surface area contributed by atoms with Crippen molar-refractivity contribution in [3.8, 4) is 0 Å². The van der Waals surface area contributed by atoms with E-state index in [0.717, 1.165) is 23.7 Å². The van der Waals surface area contributed by atoms with Gasteiger partial charge in [-0.25, -0.2) is 0 Å². The first-order valence-electron chi connectivity index (χ1n) is 6.93. The lowest BCUT2D eigenvalue weighted by molar-refractivity contribution is 0.417. The molecule has 92 valence electrons. The van der Waals surface area contributed by atoms with E-state index in [9.17, 15) is 0 Å². The van der Waals surface area contributed by atoms with Crippen LogP contribution in [0.15, 0.2) is 4.52 Å². The lowest BCUT2D eigenvalue weighted by Gasteiger charge is -2.09. The summed E-state index contributed by atoms with van der Waals surface area (Å²) in [5, 5.41) is 4.28. The molecule has 0 aliphatic heterocycles. The molecule has 3 fully saturated rings. The first-order chi connectivity index (χ1) is 8.18. The summed E-state index contributed by atoms with van der Waals surface area (Å²) in [7, 11) is 0. The minimum Gasteiger partial charge on any atom is -0.367 e. The predicted molar refractivity (Wildman–Crippen MR) is 65.6 cm³/mol. The lowest BCUT2D eigenvalue weighted by atomic mass is 9.94. The van der Waals surface area contributed by atoms with E-state index in [1.807, 2.05) is 0 Å². The van der Waals surface area contributed by atoms with E-state index in [0.29, 0.717) is 17.7 Å². The number of nitrogens with zero attached hydrogens (tertiary/aromatic N) is 1. The van der Waals surface area contributed by atoms with Crippen molar-refractivity contribution < 1.29 is 4.52 Å². The van der Waals surface area contributed by atoms with Crippen molar-refractivity contribution in [1.82, 2.24) is 5.16 Å². The molecule has 1 aromatic rings. The van der Waals surface area contributed by atoms with Crippen LogP contribution in [0.3, 0.4) is 0 Å². The molecular weight excluding hydrogens is 212 g/mol. The maximum absolute atomic E-state index is 5.91. The van der Waals surface area contributed by atoms with E-state index >= 15 is 0 Å². The Hall–Kier alpha value is -0.990. The second kappa shape index (κ2) is 3.06. The van der Waals surface area contributed by atoms with Gasteiger partial charge in [0.15, 0.2) is 0 Å². The third-order valence-corrected chi connectivity index (χ3v) is 5.41. The van der Waals surface area contributed by atoms with Gasteiger partial charge in [-0.3, -0.25) is 0 Å². The Balaban J connectivity index is 1.69. The Morgan fingerprint density at radius 3 is 2.47 bits per heavy atom. The number of nitrogens with two attached hydrogens (primary N) is 1. The molecule has 17 heavy (non-hydrogen) atoms. The van der Waals surface area contributed by atoms with E-state index in [2.05, 4.69) is 19.0 Å². The van der Waals surface area contributed by atoms with Crippen LogP contribution >= 0.6 is 0 Å². The monoisotopic (exact) mass is 232 g/mol. The largest absolute Gasteiger partial charge is 0.367 e. The number of fused-ring (bicyclic) bond motifs is 5. The van der Waals surface area contributed by atoms with E-state index in [4.69, 9.17) is 10.3 Å². The third-order valence-electron chi connectivity index (χ3n) is 5.41. The number of nitrogen functional groups attached to an aromatic ring is 1. The van der Waals surface area contributed by atoms with Gasteiger partial charge >= 0.3 is 0 Å².